The quantitative estimate of drug-likeness (QED) is 0.767. The van der Waals surface area contributed by atoms with Crippen molar-refractivity contribution in [2.24, 2.45) is 5.92 Å². The third-order valence-electron chi connectivity index (χ3n) is 3.79. The first-order chi connectivity index (χ1) is 11.3. The van der Waals surface area contributed by atoms with E-state index in [1.165, 1.54) is 6.07 Å². The minimum Gasteiger partial charge on any atom is -0.368 e. The van der Waals surface area contributed by atoms with Crippen LogP contribution < -0.4 is 10.6 Å². The van der Waals surface area contributed by atoms with Gasteiger partial charge >= 0.3 is 6.18 Å². The number of hydrogen-bond acceptors (Lipinski definition) is 4. The summed E-state index contributed by atoms with van der Waals surface area (Å²) in [6.07, 6.45) is -3.44. The molecule has 2 rings (SSSR count). The van der Waals surface area contributed by atoms with E-state index in [4.69, 9.17) is 0 Å². The fourth-order valence-electron chi connectivity index (χ4n) is 2.44. The monoisotopic (exact) mass is 344 g/mol. The van der Waals surface area contributed by atoms with Crippen molar-refractivity contribution in [3.8, 4) is 0 Å². The van der Waals surface area contributed by atoms with Gasteiger partial charge in [-0.2, -0.15) is 13.2 Å². The van der Waals surface area contributed by atoms with Crippen molar-refractivity contribution in [1.82, 2.24) is 15.2 Å². The van der Waals surface area contributed by atoms with Gasteiger partial charge in [-0.3, -0.25) is 9.59 Å². The number of nitrogens with zero attached hydrogens (tertiary/aromatic N) is 2. The highest BCUT2D eigenvalue weighted by atomic mass is 19.4. The normalized spacial score (nSPS) is 17.9. The molecule has 24 heavy (non-hydrogen) atoms. The summed E-state index contributed by atoms with van der Waals surface area (Å²) in [7, 11) is 0. The third kappa shape index (κ3) is 4.59. The smallest absolute Gasteiger partial charge is 0.368 e. The van der Waals surface area contributed by atoms with Crippen molar-refractivity contribution in [1.29, 1.82) is 0 Å². The SMILES string of the molecule is CCN1C[C@@H](C(=O)NCCNc2ccc(C(F)(F)F)cn2)CC1=O. The molecule has 1 aromatic heterocycles. The minimum absolute atomic E-state index is 0.0234. The lowest BCUT2D eigenvalue weighted by atomic mass is 10.1. The summed E-state index contributed by atoms with van der Waals surface area (Å²) in [6.45, 7) is 3.48. The van der Waals surface area contributed by atoms with E-state index >= 15 is 0 Å². The van der Waals surface area contributed by atoms with E-state index < -0.39 is 11.7 Å². The molecular weight excluding hydrogens is 325 g/mol. The molecule has 0 spiro atoms. The molecule has 6 nitrogen and oxygen atoms in total. The molecule has 1 atom stereocenters. The molecule has 0 aliphatic carbocycles. The molecule has 0 radical (unpaired) electrons. The lowest BCUT2D eigenvalue weighted by Gasteiger charge is -2.14. The second-order valence-corrected chi connectivity index (χ2v) is 5.48. The fourth-order valence-corrected chi connectivity index (χ4v) is 2.44. The number of carbonyl (C=O) groups excluding carboxylic acids is 2. The molecule has 1 aromatic rings. The zero-order valence-corrected chi connectivity index (χ0v) is 13.2. The molecule has 2 N–H and O–H groups in total. The van der Waals surface area contributed by atoms with Crippen LogP contribution in [0.2, 0.25) is 0 Å². The summed E-state index contributed by atoms with van der Waals surface area (Å²) in [4.78, 5) is 28.8. The molecule has 1 aliphatic rings. The Labute approximate surface area is 137 Å². The summed E-state index contributed by atoms with van der Waals surface area (Å²) in [6, 6.07) is 2.18. The molecule has 132 valence electrons. The molecule has 0 unspecified atom stereocenters. The number of alkyl halides is 3. The van der Waals surface area contributed by atoms with E-state index in [-0.39, 0.29) is 24.2 Å². The highest BCUT2D eigenvalue weighted by Crippen LogP contribution is 2.28. The van der Waals surface area contributed by atoms with Crippen LogP contribution >= 0.6 is 0 Å². The van der Waals surface area contributed by atoms with Crippen LogP contribution in [0.15, 0.2) is 18.3 Å². The molecule has 0 bridgehead atoms. The summed E-state index contributed by atoms with van der Waals surface area (Å²) in [5.74, 6) is -0.265. The van der Waals surface area contributed by atoms with Gasteiger partial charge in [0.2, 0.25) is 11.8 Å². The fraction of sp³-hybridized carbons (Fsp3) is 0.533. The minimum atomic E-state index is -4.41. The first-order valence-corrected chi connectivity index (χ1v) is 7.64. The highest BCUT2D eigenvalue weighted by molar-refractivity contribution is 5.89. The van der Waals surface area contributed by atoms with Gasteiger partial charge in [-0.25, -0.2) is 4.98 Å². The van der Waals surface area contributed by atoms with Crippen LogP contribution in [0.25, 0.3) is 0 Å². The Morgan fingerprint density at radius 1 is 1.38 bits per heavy atom. The molecule has 2 amide bonds. The number of amides is 2. The van der Waals surface area contributed by atoms with Crippen LogP contribution in [0.4, 0.5) is 19.0 Å². The van der Waals surface area contributed by atoms with Crippen molar-refractivity contribution in [3.63, 3.8) is 0 Å². The van der Waals surface area contributed by atoms with Crippen LogP contribution in [-0.4, -0.2) is 47.9 Å². The van der Waals surface area contributed by atoms with Crippen molar-refractivity contribution in [2.75, 3.05) is 31.5 Å². The van der Waals surface area contributed by atoms with Crippen LogP contribution in [0, 0.1) is 5.92 Å². The maximum absolute atomic E-state index is 12.4. The van der Waals surface area contributed by atoms with Crippen LogP contribution in [0.5, 0.6) is 0 Å². The van der Waals surface area contributed by atoms with E-state index in [1.54, 1.807) is 4.90 Å². The Kier molecular flexibility index (Phi) is 5.63. The Bertz CT molecular complexity index is 589. The number of aromatic nitrogens is 1. The summed E-state index contributed by atoms with van der Waals surface area (Å²) in [5.41, 5.74) is -0.812. The van der Waals surface area contributed by atoms with Crippen LogP contribution in [-0.2, 0) is 15.8 Å². The highest BCUT2D eigenvalue weighted by Gasteiger charge is 2.33. The van der Waals surface area contributed by atoms with Gasteiger partial charge < -0.3 is 15.5 Å². The van der Waals surface area contributed by atoms with E-state index in [0.717, 1.165) is 12.3 Å². The largest absolute Gasteiger partial charge is 0.417 e. The number of anilines is 1. The van der Waals surface area contributed by atoms with Gasteiger partial charge in [0.1, 0.15) is 5.82 Å². The molecule has 2 heterocycles. The molecule has 1 aliphatic heterocycles. The molecule has 0 aromatic carbocycles. The van der Waals surface area contributed by atoms with E-state index in [0.29, 0.717) is 32.0 Å². The van der Waals surface area contributed by atoms with Gasteiger partial charge in [-0.1, -0.05) is 0 Å². The van der Waals surface area contributed by atoms with Crippen molar-refractivity contribution in [2.45, 2.75) is 19.5 Å². The number of nitrogens with one attached hydrogen (secondary N) is 2. The second kappa shape index (κ2) is 7.50. The predicted octanol–water partition coefficient (Wildman–Crippen LogP) is 1.50. The van der Waals surface area contributed by atoms with Crippen LogP contribution in [0.3, 0.4) is 0 Å². The average Bonchev–Trinajstić information content (AvgIpc) is 2.92. The molecule has 0 saturated carbocycles. The van der Waals surface area contributed by atoms with Gasteiger partial charge in [-0.05, 0) is 19.1 Å². The maximum atomic E-state index is 12.4. The number of pyridine rings is 1. The van der Waals surface area contributed by atoms with E-state index in [9.17, 15) is 22.8 Å². The van der Waals surface area contributed by atoms with Gasteiger partial charge in [0.25, 0.3) is 0 Å². The summed E-state index contributed by atoms with van der Waals surface area (Å²) in [5, 5.41) is 5.54. The van der Waals surface area contributed by atoms with Gasteiger partial charge in [0.05, 0.1) is 11.5 Å². The first kappa shape index (κ1) is 18.0. The average molecular weight is 344 g/mol. The number of carbonyl (C=O) groups is 2. The second-order valence-electron chi connectivity index (χ2n) is 5.48. The Hall–Kier alpha value is -2.32. The summed E-state index contributed by atoms with van der Waals surface area (Å²) >= 11 is 0. The summed E-state index contributed by atoms with van der Waals surface area (Å²) < 4.78 is 37.2. The Balaban J connectivity index is 1.71. The third-order valence-corrected chi connectivity index (χ3v) is 3.79. The van der Waals surface area contributed by atoms with Crippen molar-refractivity contribution < 1.29 is 22.8 Å². The lowest BCUT2D eigenvalue weighted by Crippen LogP contribution is -2.35. The zero-order valence-electron chi connectivity index (χ0n) is 13.2. The van der Waals surface area contributed by atoms with Crippen molar-refractivity contribution in [3.05, 3.63) is 23.9 Å². The number of rotatable bonds is 6. The van der Waals surface area contributed by atoms with Gasteiger partial charge in [-0.15, -0.1) is 0 Å². The van der Waals surface area contributed by atoms with Gasteiger partial charge in [0, 0.05) is 38.8 Å². The molecule has 9 heteroatoms. The number of hydrogen-bond donors (Lipinski definition) is 2. The number of halogens is 3. The Morgan fingerprint density at radius 2 is 2.12 bits per heavy atom. The molecular formula is C15H19F3N4O2. The predicted molar refractivity (Wildman–Crippen MR) is 81.1 cm³/mol. The van der Waals surface area contributed by atoms with Crippen LogP contribution in [0.1, 0.15) is 18.9 Å². The maximum Gasteiger partial charge on any atom is 0.417 e. The standard InChI is InChI=1S/C15H19F3N4O2/c1-2-22-9-10(7-13(22)23)14(24)20-6-5-19-12-4-3-11(8-21-12)15(16,17)18/h3-4,8,10H,2,5-7,9H2,1H3,(H,19,21)(H,20,24)/t10-/m0/s1. The topological polar surface area (TPSA) is 74.3 Å². The van der Waals surface area contributed by atoms with Crippen molar-refractivity contribution >= 4 is 17.6 Å². The lowest BCUT2D eigenvalue weighted by molar-refractivity contribution is -0.137. The van der Waals surface area contributed by atoms with E-state index in [1.807, 2.05) is 6.92 Å². The van der Waals surface area contributed by atoms with E-state index in [2.05, 4.69) is 15.6 Å². The number of likely N-dealkylation sites (tertiary alicyclic amines) is 1. The Morgan fingerprint density at radius 3 is 2.67 bits per heavy atom. The van der Waals surface area contributed by atoms with Gasteiger partial charge in [0.15, 0.2) is 0 Å². The zero-order chi connectivity index (χ0) is 17.7. The first-order valence-electron chi connectivity index (χ1n) is 7.64. The molecule has 1 saturated heterocycles. The molecule has 1 fully saturated rings.